The molecule has 0 saturated carbocycles. The molecule has 8 heteroatoms. The average molecular weight is 518 g/mol. The van der Waals surface area contributed by atoms with E-state index < -0.39 is 0 Å². The van der Waals surface area contributed by atoms with Crippen LogP contribution < -0.4 is 20.1 Å². The van der Waals surface area contributed by atoms with Crippen LogP contribution in [-0.4, -0.2) is 37.7 Å². The molecule has 0 unspecified atom stereocenters. The molecule has 28 heavy (non-hydrogen) atoms. The van der Waals surface area contributed by atoms with E-state index in [0.29, 0.717) is 18.9 Å². The molecule has 2 N–H and O–H groups in total. The third kappa shape index (κ3) is 7.12. The number of aromatic nitrogens is 1. The van der Waals surface area contributed by atoms with Gasteiger partial charge in [0, 0.05) is 36.1 Å². The Morgan fingerprint density at radius 2 is 2.00 bits per heavy atom. The van der Waals surface area contributed by atoms with Gasteiger partial charge in [-0.15, -0.1) is 35.3 Å². The quantitative estimate of drug-likeness (QED) is 0.287. The summed E-state index contributed by atoms with van der Waals surface area (Å²) in [4.78, 5) is 10.7. The monoisotopic (exact) mass is 518 g/mol. The fourth-order valence-corrected chi connectivity index (χ4v) is 3.66. The Kier molecular flexibility index (Phi) is 11.2. The summed E-state index contributed by atoms with van der Waals surface area (Å²) >= 11 is 1.77. The number of hydrogen-bond donors (Lipinski definition) is 2. The fraction of sp³-hybridized carbons (Fsp3) is 0.500. The minimum Gasteiger partial charge on any atom is -0.493 e. The summed E-state index contributed by atoms with van der Waals surface area (Å²) in [5.41, 5.74) is 2.10. The number of nitrogens with one attached hydrogen (secondary N) is 2. The smallest absolute Gasteiger partial charge is 0.195 e. The van der Waals surface area contributed by atoms with Crippen LogP contribution in [0.1, 0.15) is 36.3 Å². The molecule has 0 amide bonds. The summed E-state index contributed by atoms with van der Waals surface area (Å²) in [5.74, 6) is 2.18. The SMILES string of the molecule is CCNC(=NCCc1nc(CC)c(C)s1)Nc1ccc(OCC)c(OC)c1.I. The van der Waals surface area contributed by atoms with Gasteiger partial charge in [-0.2, -0.15) is 0 Å². The highest BCUT2D eigenvalue weighted by Crippen LogP contribution is 2.30. The van der Waals surface area contributed by atoms with Gasteiger partial charge in [-0.25, -0.2) is 4.98 Å². The summed E-state index contributed by atoms with van der Waals surface area (Å²) in [6.07, 6.45) is 1.82. The molecule has 0 bridgehead atoms. The Balaban J connectivity index is 0.00000392. The van der Waals surface area contributed by atoms with Crippen molar-refractivity contribution in [2.75, 3.05) is 32.1 Å². The molecule has 0 aliphatic carbocycles. The van der Waals surface area contributed by atoms with Crippen LogP contribution in [0.15, 0.2) is 23.2 Å². The molecule has 2 aromatic rings. The van der Waals surface area contributed by atoms with Crippen LogP contribution in [0.25, 0.3) is 0 Å². The van der Waals surface area contributed by atoms with Crippen molar-refractivity contribution in [3.05, 3.63) is 33.8 Å². The molecule has 2 rings (SSSR count). The normalized spacial score (nSPS) is 11.0. The summed E-state index contributed by atoms with van der Waals surface area (Å²) in [6, 6.07) is 5.77. The number of hydrogen-bond acceptors (Lipinski definition) is 5. The van der Waals surface area contributed by atoms with E-state index in [-0.39, 0.29) is 24.0 Å². The van der Waals surface area contributed by atoms with E-state index in [4.69, 9.17) is 9.47 Å². The van der Waals surface area contributed by atoms with Crippen molar-refractivity contribution in [1.82, 2.24) is 10.3 Å². The second-order valence-electron chi connectivity index (χ2n) is 5.90. The predicted octanol–water partition coefficient (Wildman–Crippen LogP) is 4.66. The van der Waals surface area contributed by atoms with Crippen LogP contribution in [0.2, 0.25) is 0 Å². The lowest BCUT2D eigenvalue weighted by molar-refractivity contribution is 0.311. The van der Waals surface area contributed by atoms with Gasteiger partial charge in [0.1, 0.15) is 0 Å². The van der Waals surface area contributed by atoms with Crippen molar-refractivity contribution in [1.29, 1.82) is 0 Å². The summed E-state index contributed by atoms with van der Waals surface area (Å²) in [7, 11) is 1.64. The molecule has 0 atom stereocenters. The molecular formula is C20H31IN4O2S. The first-order valence-corrected chi connectivity index (χ1v) is 10.2. The first-order valence-electron chi connectivity index (χ1n) is 9.42. The maximum absolute atomic E-state index is 5.57. The number of anilines is 1. The number of aryl methyl sites for hydroxylation is 2. The second-order valence-corrected chi connectivity index (χ2v) is 7.19. The largest absolute Gasteiger partial charge is 0.493 e. The van der Waals surface area contributed by atoms with Crippen molar-refractivity contribution in [3.63, 3.8) is 0 Å². The van der Waals surface area contributed by atoms with Crippen LogP contribution in [0, 0.1) is 6.92 Å². The number of rotatable bonds is 9. The predicted molar refractivity (Wildman–Crippen MR) is 129 cm³/mol. The van der Waals surface area contributed by atoms with Crippen LogP contribution >= 0.6 is 35.3 Å². The van der Waals surface area contributed by atoms with E-state index in [9.17, 15) is 0 Å². The molecule has 0 saturated heterocycles. The van der Waals surface area contributed by atoms with E-state index in [1.54, 1.807) is 18.4 Å². The van der Waals surface area contributed by atoms with Crippen molar-refractivity contribution < 1.29 is 9.47 Å². The van der Waals surface area contributed by atoms with E-state index in [2.05, 4.69) is 34.5 Å². The topological polar surface area (TPSA) is 67.8 Å². The van der Waals surface area contributed by atoms with Crippen LogP contribution in [0.5, 0.6) is 11.5 Å². The Hall–Kier alpha value is -1.55. The average Bonchev–Trinajstić information content (AvgIpc) is 3.03. The zero-order valence-electron chi connectivity index (χ0n) is 17.3. The van der Waals surface area contributed by atoms with Gasteiger partial charge < -0.3 is 20.1 Å². The molecule has 0 aliphatic heterocycles. The van der Waals surface area contributed by atoms with Gasteiger partial charge in [-0.1, -0.05) is 6.92 Å². The third-order valence-corrected chi connectivity index (χ3v) is 5.01. The number of guanidine groups is 1. The zero-order valence-corrected chi connectivity index (χ0v) is 20.4. The molecule has 0 fully saturated rings. The molecule has 6 nitrogen and oxygen atoms in total. The number of methoxy groups -OCH3 is 1. The number of aliphatic imine (C=N–C) groups is 1. The van der Waals surface area contributed by atoms with Crippen molar-refractivity contribution in [3.8, 4) is 11.5 Å². The van der Waals surface area contributed by atoms with E-state index in [1.807, 2.05) is 32.0 Å². The van der Waals surface area contributed by atoms with Crippen LogP contribution in [0.4, 0.5) is 5.69 Å². The first kappa shape index (κ1) is 24.5. The van der Waals surface area contributed by atoms with Crippen LogP contribution in [-0.2, 0) is 12.8 Å². The molecule has 0 aliphatic rings. The molecule has 1 heterocycles. The molecule has 156 valence electrons. The number of benzene rings is 1. The van der Waals surface area contributed by atoms with Gasteiger partial charge in [0.15, 0.2) is 17.5 Å². The molecule has 1 aromatic heterocycles. The molecule has 1 aromatic carbocycles. The van der Waals surface area contributed by atoms with Crippen molar-refractivity contribution in [2.45, 2.75) is 40.5 Å². The van der Waals surface area contributed by atoms with E-state index >= 15 is 0 Å². The van der Waals surface area contributed by atoms with Gasteiger partial charge in [-0.05, 0) is 39.3 Å². The number of ether oxygens (including phenoxy) is 2. The van der Waals surface area contributed by atoms with Crippen molar-refractivity contribution >= 4 is 47.0 Å². The number of thiazole rings is 1. The zero-order chi connectivity index (χ0) is 19.6. The third-order valence-electron chi connectivity index (χ3n) is 3.94. The lowest BCUT2D eigenvalue weighted by atomic mass is 10.2. The highest BCUT2D eigenvalue weighted by atomic mass is 127. The van der Waals surface area contributed by atoms with E-state index in [1.165, 1.54) is 10.6 Å². The fourth-order valence-electron chi connectivity index (χ4n) is 2.65. The summed E-state index contributed by atoms with van der Waals surface area (Å²) < 4.78 is 11.0. The Labute approximate surface area is 189 Å². The lowest BCUT2D eigenvalue weighted by Crippen LogP contribution is -2.30. The first-order chi connectivity index (χ1) is 13.1. The standard InChI is InChI=1S/C20H30N4O2S.HI/c1-6-16-14(4)27-19(24-16)11-12-22-20(21-7-2)23-15-9-10-17(26-8-3)18(13-15)25-5;/h9-10,13H,6-8,11-12H2,1-5H3,(H2,21,22,23);1H. The van der Waals surface area contributed by atoms with Crippen molar-refractivity contribution in [2.24, 2.45) is 4.99 Å². The van der Waals surface area contributed by atoms with E-state index in [0.717, 1.165) is 41.8 Å². The number of nitrogens with zero attached hydrogens (tertiary/aromatic N) is 2. The Morgan fingerprint density at radius 1 is 1.21 bits per heavy atom. The van der Waals surface area contributed by atoms with Crippen LogP contribution in [0.3, 0.4) is 0 Å². The molecule has 0 spiro atoms. The van der Waals surface area contributed by atoms with Gasteiger partial charge in [0.2, 0.25) is 0 Å². The van der Waals surface area contributed by atoms with Gasteiger partial charge in [0.25, 0.3) is 0 Å². The minimum atomic E-state index is 0. The Bertz CT molecular complexity index is 765. The highest BCUT2D eigenvalue weighted by Gasteiger charge is 2.08. The summed E-state index contributed by atoms with van der Waals surface area (Å²) in [6.45, 7) is 10.3. The maximum Gasteiger partial charge on any atom is 0.195 e. The number of halogens is 1. The second kappa shape index (κ2) is 12.8. The lowest BCUT2D eigenvalue weighted by Gasteiger charge is -2.14. The molecular weight excluding hydrogens is 487 g/mol. The van der Waals surface area contributed by atoms with Gasteiger partial charge >= 0.3 is 0 Å². The molecule has 0 radical (unpaired) electrons. The van der Waals surface area contributed by atoms with Gasteiger partial charge in [-0.3, -0.25) is 4.99 Å². The summed E-state index contributed by atoms with van der Waals surface area (Å²) in [5, 5.41) is 7.74. The van der Waals surface area contributed by atoms with Gasteiger partial charge in [0.05, 0.1) is 24.4 Å². The maximum atomic E-state index is 5.57. The highest BCUT2D eigenvalue weighted by molar-refractivity contribution is 14.0. The minimum absolute atomic E-state index is 0. The Morgan fingerprint density at radius 3 is 2.61 bits per heavy atom.